The molecule has 28 heavy (non-hydrogen) atoms. The Morgan fingerprint density at radius 1 is 1.04 bits per heavy atom. The molecule has 0 unspecified atom stereocenters. The fourth-order valence-corrected chi connectivity index (χ4v) is 2.04. The van der Waals surface area contributed by atoms with E-state index < -0.39 is 40.9 Å². The van der Waals surface area contributed by atoms with E-state index >= 15 is 0 Å². The number of ether oxygens (including phenoxy) is 1. The maximum atomic E-state index is 14.0. The summed E-state index contributed by atoms with van der Waals surface area (Å²) in [6, 6.07) is 4.57. The number of nitrogens with one attached hydrogen (secondary N) is 2. The van der Waals surface area contributed by atoms with Crippen molar-refractivity contribution in [1.82, 2.24) is 4.98 Å². The molecule has 1 heterocycles. The van der Waals surface area contributed by atoms with E-state index in [4.69, 9.17) is 4.74 Å². The maximum Gasteiger partial charge on any atom is 0.416 e. The minimum absolute atomic E-state index is 0.114. The van der Waals surface area contributed by atoms with Gasteiger partial charge in [-0.05, 0) is 51.1 Å². The zero-order chi connectivity index (χ0) is 21.1. The largest absolute Gasteiger partial charge is 0.444 e. The number of halogens is 4. The Morgan fingerprint density at radius 3 is 2.32 bits per heavy atom. The predicted molar refractivity (Wildman–Crippen MR) is 93.4 cm³/mol. The normalized spacial score (nSPS) is 11.7. The molecule has 6 nitrogen and oxygen atoms in total. The zero-order valence-corrected chi connectivity index (χ0v) is 15.1. The van der Waals surface area contributed by atoms with E-state index in [-0.39, 0.29) is 11.4 Å². The van der Waals surface area contributed by atoms with Crippen molar-refractivity contribution in [2.75, 3.05) is 10.6 Å². The number of amides is 2. The Bertz CT molecular complexity index is 892. The van der Waals surface area contributed by atoms with Crippen molar-refractivity contribution in [1.29, 1.82) is 0 Å². The van der Waals surface area contributed by atoms with Gasteiger partial charge in [0.2, 0.25) is 0 Å². The van der Waals surface area contributed by atoms with Gasteiger partial charge in [-0.2, -0.15) is 13.2 Å². The van der Waals surface area contributed by atoms with E-state index in [0.29, 0.717) is 12.1 Å². The molecule has 2 N–H and O–H groups in total. The third kappa shape index (κ3) is 5.93. The van der Waals surface area contributed by atoms with Crippen LogP contribution in [0.3, 0.4) is 0 Å². The van der Waals surface area contributed by atoms with Gasteiger partial charge in [-0.1, -0.05) is 0 Å². The highest BCUT2D eigenvalue weighted by atomic mass is 19.4. The van der Waals surface area contributed by atoms with Gasteiger partial charge in [0.05, 0.1) is 11.3 Å². The molecule has 0 fully saturated rings. The number of anilines is 2. The predicted octanol–water partition coefficient (Wildman–Crippen LogP) is 4.84. The lowest BCUT2D eigenvalue weighted by atomic mass is 10.2. The van der Waals surface area contributed by atoms with Crippen LogP contribution in [0.5, 0.6) is 0 Å². The van der Waals surface area contributed by atoms with Gasteiger partial charge in [-0.15, -0.1) is 0 Å². The van der Waals surface area contributed by atoms with Crippen LogP contribution in [0.25, 0.3) is 0 Å². The molecule has 0 saturated heterocycles. The highest BCUT2D eigenvalue weighted by Crippen LogP contribution is 2.29. The van der Waals surface area contributed by atoms with Gasteiger partial charge in [-0.3, -0.25) is 15.1 Å². The Balaban J connectivity index is 2.18. The van der Waals surface area contributed by atoms with Crippen molar-refractivity contribution < 1.29 is 31.9 Å². The number of carbonyl (C=O) groups is 2. The highest BCUT2D eigenvalue weighted by Gasteiger charge is 2.31. The quantitative estimate of drug-likeness (QED) is 0.724. The van der Waals surface area contributed by atoms with E-state index in [1.807, 2.05) is 0 Å². The van der Waals surface area contributed by atoms with E-state index in [1.54, 1.807) is 20.8 Å². The molecule has 0 radical (unpaired) electrons. The molecule has 0 spiro atoms. The lowest BCUT2D eigenvalue weighted by Crippen LogP contribution is -2.27. The molecule has 150 valence electrons. The lowest BCUT2D eigenvalue weighted by Gasteiger charge is -2.19. The van der Waals surface area contributed by atoms with Crippen LogP contribution in [-0.4, -0.2) is 22.6 Å². The Labute approximate surface area is 157 Å². The number of pyridine rings is 1. The van der Waals surface area contributed by atoms with Gasteiger partial charge in [0.15, 0.2) is 0 Å². The van der Waals surface area contributed by atoms with E-state index in [1.165, 1.54) is 6.07 Å². The average molecular weight is 399 g/mol. The van der Waals surface area contributed by atoms with Crippen molar-refractivity contribution in [2.24, 2.45) is 0 Å². The minimum atomic E-state index is -4.65. The lowest BCUT2D eigenvalue weighted by molar-refractivity contribution is -0.137. The van der Waals surface area contributed by atoms with Crippen molar-refractivity contribution in [3.8, 4) is 0 Å². The van der Waals surface area contributed by atoms with Crippen molar-refractivity contribution in [3.05, 3.63) is 53.6 Å². The van der Waals surface area contributed by atoms with E-state index in [9.17, 15) is 27.2 Å². The monoisotopic (exact) mass is 399 g/mol. The summed E-state index contributed by atoms with van der Waals surface area (Å²) >= 11 is 0. The van der Waals surface area contributed by atoms with Crippen LogP contribution in [0.15, 0.2) is 36.5 Å². The molecule has 10 heteroatoms. The maximum absolute atomic E-state index is 14.0. The van der Waals surface area contributed by atoms with Crippen molar-refractivity contribution in [2.45, 2.75) is 32.5 Å². The van der Waals surface area contributed by atoms with Crippen LogP contribution in [0.2, 0.25) is 0 Å². The molecule has 0 saturated carbocycles. The molecule has 0 aliphatic heterocycles. The minimum Gasteiger partial charge on any atom is -0.444 e. The topological polar surface area (TPSA) is 80.3 Å². The smallest absolute Gasteiger partial charge is 0.416 e. The molecule has 1 aromatic heterocycles. The van der Waals surface area contributed by atoms with Gasteiger partial charge >= 0.3 is 12.3 Å². The molecule has 0 bridgehead atoms. The van der Waals surface area contributed by atoms with Crippen LogP contribution in [-0.2, 0) is 10.9 Å². The fraction of sp³-hybridized carbons (Fsp3) is 0.278. The number of carbonyl (C=O) groups excluding carboxylic acids is 2. The Kier molecular flexibility index (Phi) is 5.91. The molecule has 0 atom stereocenters. The number of rotatable bonds is 3. The summed E-state index contributed by atoms with van der Waals surface area (Å²) in [5, 5.41) is 4.50. The summed E-state index contributed by atoms with van der Waals surface area (Å²) < 4.78 is 57.3. The Morgan fingerprint density at radius 2 is 1.71 bits per heavy atom. The number of nitrogens with zero attached hydrogens (tertiary/aromatic N) is 1. The van der Waals surface area contributed by atoms with E-state index in [2.05, 4.69) is 15.6 Å². The summed E-state index contributed by atoms with van der Waals surface area (Å²) in [5.74, 6) is -1.89. The molecule has 2 rings (SSSR count). The highest BCUT2D eigenvalue weighted by molar-refractivity contribution is 6.03. The summed E-state index contributed by atoms with van der Waals surface area (Å²) in [7, 11) is 0. The summed E-state index contributed by atoms with van der Waals surface area (Å²) in [5.41, 5.74) is -2.59. The summed E-state index contributed by atoms with van der Waals surface area (Å²) in [6.45, 7) is 4.97. The van der Waals surface area contributed by atoms with Crippen LogP contribution >= 0.6 is 0 Å². The van der Waals surface area contributed by atoms with Crippen LogP contribution in [0, 0.1) is 5.82 Å². The zero-order valence-electron chi connectivity index (χ0n) is 15.1. The number of alkyl halides is 3. The van der Waals surface area contributed by atoms with Gasteiger partial charge in [0.25, 0.3) is 5.91 Å². The second kappa shape index (κ2) is 7.83. The molecule has 2 amide bonds. The van der Waals surface area contributed by atoms with Gasteiger partial charge in [-0.25, -0.2) is 9.18 Å². The summed E-state index contributed by atoms with van der Waals surface area (Å²) in [4.78, 5) is 27.5. The van der Waals surface area contributed by atoms with E-state index in [0.717, 1.165) is 18.3 Å². The van der Waals surface area contributed by atoms with Gasteiger partial charge in [0.1, 0.15) is 17.1 Å². The van der Waals surface area contributed by atoms with Crippen molar-refractivity contribution in [3.63, 3.8) is 0 Å². The number of benzene rings is 1. The average Bonchev–Trinajstić information content (AvgIpc) is 2.55. The van der Waals surface area contributed by atoms with Gasteiger partial charge < -0.3 is 10.1 Å². The fourth-order valence-electron chi connectivity index (χ4n) is 2.04. The summed E-state index contributed by atoms with van der Waals surface area (Å²) in [6.07, 6.45) is -4.62. The van der Waals surface area contributed by atoms with Crippen LogP contribution in [0.4, 0.5) is 33.7 Å². The first kappa shape index (κ1) is 21.1. The number of aromatic nitrogens is 1. The third-order valence-electron chi connectivity index (χ3n) is 3.18. The third-order valence-corrected chi connectivity index (χ3v) is 3.18. The standard InChI is InChI=1S/C18H17F4N3O3/c1-17(2,3)28-16(27)24-11-4-5-12(19)13(9-11)25-15(26)14-8-10(6-7-23-14)18(20,21)22/h4-9H,1-3H3,(H,24,27)(H,25,26). The first-order valence-electron chi connectivity index (χ1n) is 7.99. The number of hydrogen-bond acceptors (Lipinski definition) is 4. The van der Waals surface area contributed by atoms with Gasteiger partial charge in [0, 0.05) is 11.9 Å². The van der Waals surface area contributed by atoms with Crippen LogP contribution < -0.4 is 10.6 Å². The molecule has 2 aromatic rings. The first-order valence-corrected chi connectivity index (χ1v) is 7.99. The van der Waals surface area contributed by atoms with Crippen LogP contribution in [0.1, 0.15) is 36.8 Å². The van der Waals surface area contributed by atoms with Crippen molar-refractivity contribution >= 4 is 23.4 Å². The second-order valence-electron chi connectivity index (χ2n) is 6.70. The molecular formula is C18H17F4N3O3. The second-order valence-corrected chi connectivity index (χ2v) is 6.70. The molecular weight excluding hydrogens is 382 g/mol. The Hall–Kier alpha value is -3.17. The molecule has 0 aliphatic rings. The molecule has 1 aromatic carbocycles. The number of hydrogen-bond donors (Lipinski definition) is 2. The molecule has 0 aliphatic carbocycles. The first-order chi connectivity index (χ1) is 12.8. The SMILES string of the molecule is CC(C)(C)OC(=O)Nc1ccc(F)c(NC(=O)c2cc(C(F)(F)F)ccn2)c1.